The molecular weight excluding hydrogens is 503 g/mol. The van der Waals surface area contributed by atoms with Gasteiger partial charge in [0.05, 0.1) is 10.0 Å². The van der Waals surface area contributed by atoms with Crippen molar-refractivity contribution >= 4 is 51.1 Å². The van der Waals surface area contributed by atoms with Gasteiger partial charge in [0.25, 0.3) is 5.91 Å². The van der Waals surface area contributed by atoms with E-state index in [2.05, 4.69) is 21.2 Å². The molecule has 2 aromatic rings. The van der Waals surface area contributed by atoms with E-state index < -0.39 is 5.60 Å². The molecule has 0 spiro atoms. The Bertz CT molecular complexity index is 960. The summed E-state index contributed by atoms with van der Waals surface area (Å²) >= 11 is 15.7. The molecule has 166 valence electrons. The minimum absolute atomic E-state index is 0.157. The number of halogens is 3. The summed E-state index contributed by atoms with van der Waals surface area (Å²) in [7, 11) is 0. The number of benzene rings is 2. The maximum Gasteiger partial charge on any atom is 0.410 e. The van der Waals surface area contributed by atoms with E-state index in [4.69, 9.17) is 27.9 Å². The average Bonchev–Trinajstić information content (AvgIpc) is 2.69. The molecule has 1 aliphatic rings. The Morgan fingerprint density at radius 1 is 1.10 bits per heavy atom. The van der Waals surface area contributed by atoms with Crippen LogP contribution in [0.5, 0.6) is 0 Å². The molecule has 0 bridgehead atoms. The topological polar surface area (TPSA) is 58.6 Å². The summed E-state index contributed by atoms with van der Waals surface area (Å²) in [6, 6.07) is 12.4. The van der Waals surface area contributed by atoms with Gasteiger partial charge >= 0.3 is 6.09 Å². The first-order chi connectivity index (χ1) is 14.5. The highest BCUT2D eigenvalue weighted by atomic mass is 79.9. The lowest BCUT2D eigenvalue weighted by Crippen LogP contribution is -2.52. The second-order valence-corrected chi connectivity index (χ2v) is 10.3. The van der Waals surface area contributed by atoms with Crippen molar-refractivity contribution in [3.05, 3.63) is 68.1 Å². The standard InChI is InChI=1S/C23H25BrCl2N2O3/c1-23(2,3)31-22(30)28-11-10-20(27-21(29)14-4-7-16(24)8-5-14)17(13-28)15-6-9-18(25)19(26)12-15/h4-9,12,17,20H,10-11,13H2,1-3H3,(H,27,29)/t17?,20-/m1/s1. The van der Waals surface area contributed by atoms with Gasteiger partial charge in [-0.2, -0.15) is 0 Å². The third-order valence-corrected chi connectivity index (χ3v) is 6.33. The van der Waals surface area contributed by atoms with Crippen LogP contribution in [-0.4, -0.2) is 41.6 Å². The van der Waals surface area contributed by atoms with Gasteiger partial charge in [0.2, 0.25) is 0 Å². The first-order valence-corrected chi connectivity index (χ1v) is 11.6. The SMILES string of the molecule is CC(C)(C)OC(=O)N1CC[C@@H](NC(=O)c2ccc(Br)cc2)C(c2ccc(Cl)c(Cl)c2)C1. The van der Waals surface area contributed by atoms with E-state index in [0.29, 0.717) is 35.1 Å². The highest BCUT2D eigenvalue weighted by Gasteiger charge is 2.35. The van der Waals surface area contributed by atoms with E-state index in [1.54, 1.807) is 29.2 Å². The quantitative estimate of drug-likeness (QED) is 0.511. The number of amides is 2. The average molecular weight is 528 g/mol. The first kappa shape index (κ1) is 23.9. The molecule has 1 fully saturated rings. The van der Waals surface area contributed by atoms with Crippen LogP contribution in [0.1, 0.15) is 49.0 Å². The van der Waals surface area contributed by atoms with Gasteiger partial charge in [-0.3, -0.25) is 4.79 Å². The van der Waals surface area contributed by atoms with Crippen molar-refractivity contribution in [3.63, 3.8) is 0 Å². The maximum absolute atomic E-state index is 12.8. The molecule has 0 aliphatic carbocycles. The zero-order valence-corrected chi connectivity index (χ0v) is 20.7. The van der Waals surface area contributed by atoms with Crippen LogP contribution >= 0.6 is 39.1 Å². The molecule has 1 aliphatic heterocycles. The fourth-order valence-corrected chi connectivity index (χ4v) is 4.12. The third-order valence-electron chi connectivity index (χ3n) is 5.06. The van der Waals surface area contributed by atoms with E-state index >= 15 is 0 Å². The van der Waals surface area contributed by atoms with Crippen LogP contribution < -0.4 is 5.32 Å². The molecule has 1 saturated heterocycles. The normalized spacial score (nSPS) is 19.1. The number of ether oxygens (including phenoxy) is 1. The molecule has 1 unspecified atom stereocenters. The van der Waals surface area contributed by atoms with Crippen LogP contribution in [-0.2, 0) is 4.74 Å². The molecule has 2 amide bonds. The van der Waals surface area contributed by atoms with Gasteiger partial charge in [-0.15, -0.1) is 0 Å². The Morgan fingerprint density at radius 2 is 1.77 bits per heavy atom. The second-order valence-electron chi connectivity index (χ2n) is 8.58. The molecular formula is C23H25BrCl2N2O3. The lowest BCUT2D eigenvalue weighted by atomic mass is 9.86. The molecule has 5 nitrogen and oxygen atoms in total. The Balaban J connectivity index is 1.83. The smallest absolute Gasteiger partial charge is 0.410 e. The number of likely N-dealkylation sites (tertiary alicyclic amines) is 1. The van der Waals surface area contributed by atoms with Crippen molar-refractivity contribution in [2.75, 3.05) is 13.1 Å². The number of nitrogens with one attached hydrogen (secondary N) is 1. The van der Waals surface area contributed by atoms with Crippen LogP contribution in [0.4, 0.5) is 4.79 Å². The number of hydrogen-bond acceptors (Lipinski definition) is 3. The van der Waals surface area contributed by atoms with Crippen molar-refractivity contribution in [2.45, 2.75) is 44.8 Å². The minimum atomic E-state index is -0.581. The van der Waals surface area contributed by atoms with Crippen LogP contribution in [0.25, 0.3) is 0 Å². The molecule has 8 heteroatoms. The highest BCUT2D eigenvalue weighted by molar-refractivity contribution is 9.10. The van der Waals surface area contributed by atoms with Crippen LogP contribution in [0.2, 0.25) is 10.0 Å². The van der Waals surface area contributed by atoms with Crippen LogP contribution in [0.15, 0.2) is 46.9 Å². The number of nitrogens with zero attached hydrogens (tertiary/aromatic N) is 1. The summed E-state index contributed by atoms with van der Waals surface area (Å²) in [4.78, 5) is 27.2. The number of hydrogen-bond donors (Lipinski definition) is 1. The predicted octanol–water partition coefficient (Wildman–Crippen LogP) is 6.28. The molecule has 2 atom stereocenters. The minimum Gasteiger partial charge on any atom is -0.444 e. The molecule has 0 radical (unpaired) electrons. The molecule has 31 heavy (non-hydrogen) atoms. The van der Waals surface area contributed by atoms with Gasteiger partial charge in [-0.1, -0.05) is 45.2 Å². The Morgan fingerprint density at radius 3 is 2.39 bits per heavy atom. The largest absolute Gasteiger partial charge is 0.444 e. The third kappa shape index (κ3) is 6.37. The molecule has 3 rings (SSSR count). The van der Waals surface area contributed by atoms with E-state index in [0.717, 1.165) is 10.0 Å². The summed E-state index contributed by atoms with van der Waals surface area (Å²) in [5.41, 5.74) is 0.900. The Labute approximate surface area is 201 Å². The monoisotopic (exact) mass is 526 g/mol. The van der Waals surface area contributed by atoms with Gasteiger partial charge < -0.3 is 15.0 Å². The fourth-order valence-electron chi connectivity index (χ4n) is 3.55. The van der Waals surface area contributed by atoms with Gasteiger partial charge in [0.15, 0.2) is 0 Å². The number of carbonyl (C=O) groups excluding carboxylic acids is 2. The number of carbonyl (C=O) groups is 2. The molecule has 1 heterocycles. The molecule has 0 aromatic heterocycles. The summed E-state index contributed by atoms with van der Waals surface area (Å²) in [5, 5.41) is 4.03. The van der Waals surface area contributed by atoms with Crippen molar-refractivity contribution in [3.8, 4) is 0 Å². The molecule has 0 saturated carbocycles. The van der Waals surface area contributed by atoms with Crippen molar-refractivity contribution in [1.82, 2.24) is 10.2 Å². The van der Waals surface area contributed by atoms with Gasteiger partial charge in [0.1, 0.15) is 5.60 Å². The first-order valence-electron chi connectivity index (χ1n) is 10.0. The number of piperidine rings is 1. The summed E-state index contributed by atoms with van der Waals surface area (Å²) in [5.74, 6) is -0.316. The predicted molar refractivity (Wildman–Crippen MR) is 127 cm³/mol. The van der Waals surface area contributed by atoms with Crippen molar-refractivity contribution in [2.24, 2.45) is 0 Å². The van der Waals surface area contributed by atoms with Crippen molar-refractivity contribution in [1.29, 1.82) is 0 Å². The van der Waals surface area contributed by atoms with E-state index in [1.807, 2.05) is 39.0 Å². The van der Waals surface area contributed by atoms with Crippen LogP contribution in [0, 0.1) is 0 Å². The van der Waals surface area contributed by atoms with Gasteiger partial charge in [-0.25, -0.2) is 4.79 Å². The fraction of sp³-hybridized carbons (Fsp3) is 0.391. The van der Waals surface area contributed by atoms with Gasteiger partial charge in [0, 0.05) is 35.1 Å². The van der Waals surface area contributed by atoms with Gasteiger partial charge in [-0.05, 0) is 69.2 Å². The van der Waals surface area contributed by atoms with E-state index in [1.165, 1.54) is 0 Å². The van der Waals surface area contributed by atoms with E-state index in [9.17, 15) is 9.59 Å². The van der Waals surface area contributed by atoms with Crippen molar-refractivity contribution < 1.29 is 14.3 Å². The zero-order valence-electron chi connectivity index (χ0n) is 17.6. The lowest BCUT2D eigenvalue weighted by molar-refractivity contribution is 0.0177. The van der Waals surface area contributed by atoms with Crippen LogP contribution in [0.3, 0.4) is 0 Å². The summed E-state index contributed by atoms with van der Waals surface area (Å²) in [6.45, 7) is 6.40. The summed E-state index contributed by atoms with van der Waals surface area (Å²) in [6.07, 6.45) is 0.224. The maximum atomic E-state index is 12.8. The second kappa shape index (κ2) is 9.80. The zero-order chi connectivity index (χ0) is 22.8. The Kier molecular flexibility index (Phi) is 7.55. The molecule has 2 aromatic carbocycles. The summed E-state index contributed by atoms with van der Waals surface area (Å²) < 4.78 is 6.46. The number of rotatable bonds is 3. The van der Waals surface area contributed by atoms with E-state index in [-0.39, 0.29) is 24.0 Å². The Hall–Kier alpha value is -1.76. The highest BCUT2D eigenvalue weighted by Crippen LogP contribution is 2.32. The lowest BCUT2D eigenvalue weighted by Gasteiger charge is -2.39. The molecule has 1 N–H and O–H groups in total.